The number of hydrogen-bond donors (Lipinski definition) is 1. The van der Waals surface area contributed by atoms with Gasteiger partial charge in [0.05, 0.1) is 0 Å². The second-order valence-corrected chi connectivity index (χ2v) is 2.39. The molecule has 0 aromatic rings. The average molecular weight is 140 g/mol. The minimum absolute atomic E-state index is 0.715. The first kappa shape index (κ1) is 9.37. The van der Waals surface area contributed by atoms with Gasteiger partial charge in [-0.15, -0.1) is 0 Å². The van der Waals surface area contributed by atoms with Crippen LogP contribution in [-0.4, -0.2) is 18.8 Å². The van der Waals surface area contributed by atoms with E-state index in [-0.39, 0.29) is 0 Å². The second-order valence-electron chi connectivity index (χ2n) is 2.39. The maximum absolute atomic E-state index is 5.30. The summed E-state index contributed by atoms with van der Waals surface area (Å²) >= 11 is 0. The Bertz CT molecular complexity index is 136. The van der Waals surface area contributed by atoms with Crippen molar-refractivity contribution >= 4 is 5.71 Å². The standard InChI is InChI=1S/C8H16N2/c1-7(2)8(3)10-6-4-5-9/h1,4-6,9H2,2-3H3. The molecular formula is C8H16N2. The lowest BCUT2D eigenvalue weighted by molar-refractivity contribution is 0.844. The van der Waals surface area contributed by atoms with Gasteiger partial charge in [0.1, 0.15) is 0 Å². The lowest BCUT2D eigenvalue weighted by atomic mass is 10.2. The molecule has 0 heterocycles. The quantitative estimate of drug-likeness (QED) is 0.465. The summed E-state index contributed by atoms with van der Waals surface area (Å²) in [5.74, 6) is 0. The Balaban J connectivity index is 3.58. The third kappa shape index (κ3) is 4.27. The summed E-state index contributed by atoms with van der Waals surface area (Å²) in [6.45, 7) is 9.25. The molecule has 58 valence electrons. The van der Waals surface area contributed by atoms with Crippen molar-refractivity contribution in [3.63, 3.8) is 0 Å². The van der Waals surface area contributed by atoms with Crippen molar-refractivity contribution in [2.45, 2.75) is 20.3 Å². The van der Waals surface area contributed by atoms with E-state index in [0.29, 0.717) is 6.54 Å². The monoisotopic (exact) mass is 140 g/mol. The molecule has 0 saturated carbocycles. The minimum atomic E-state index is 0.715. The number of rotatable bonds is 4. The van der Waals surface area contributed by atoms with Crippen molar-refractivity contribution in [3.8, 4) is 0 Å². The molecule has 0 radical (unpaired) electrons. The van der Waals surface area contributed by atoms with Gasteiger partial charge in [-0.2, -0.15) is 0 Å². The molecule has 0 rings (SSSR count). The van der Waals surface area contributed by atoms with E-state index < -0.39 is 0 Å². The Morgan fingerprint density at radius 3 is 2.50 bits per heavy atom. The Labute approximate surface area is 62.8 Å². The van der Waals surface area contributed by atoms with Crippen LogP contribution in [-0.2, 0) is 0 Å². The first-order valence-electron chi connectivity index (χ1n) is 3.55. The predicted molar refractivity (Wildman–Crippen MR) is 46.5 cm³/mol. The topological polar surface area (TPSA) is 38.4 Å². The molecular weight excluding hydrogens is 124 g/mol. The van der Waals surface area contributed by atoms with Crippen molar-refractivity contribution in [2.75, 3.05) is 13.1 Å². The molecule has 0 aliphatic rings. The van der Waals surface area contributed by atoms with Crippen molar-refractivity contribution in [1.82, 2.24) is 0 Å². The molecule has 10 heavy (non-hydrogen) atoms. The summed E-state index contributed by atoms with van der Waals surface area (Å²) < 4.78 is 0. The molecule has 0 saturated heterocycles. The molecule has 2 nitrogen and oxygen atoms in total. The second kappa shape index (κ2) is 5.18. The van der Waals surface area contributed by atoms with Crippen LogP contribution in [0.4, 0.5) is 0 Å². The van der Waals surface area contributed by atoms with E-state index in [9.17, 15) is 0 Å². The van der Waals surface area contributed by atoms with E-state index >= 15 is 0 Å². The molecule has 2 N–H and O–H groups in total. The van der Waals surface area contributed by atoms with Crippen LogP contribution >= 0.6 is 0 Å². The highest BCUT2D eigenvalue weighted by molar-refractivity contribution is 5.97. The number of nitrogens with zero attached hydrogens (tertiary/aromatic N) is 1. The van der Waals surface area contributed by atoms with Crippen LogP contribution in [0.1, 0.15) is 20.3 Å². The van der Waals surface area contributed by atoms with Gasteiger partial charge in [0.15, 0.2) is 0 Å². The predicted octanol–water partition coefficient (Wildman–Crippen LogP) is 1.37. The Morgan fingerprint density at radius 1 is 1.50 bits per heavy atom. The van der Waals surface area contributed by atoms with Crippen LogP contribution in [0.5, 0.6) is 0 Å². The highest BCUT2D eigenvalue weighted by Crippen LogP contribution is 1.92. The molecule has 2 heteroatoms. The van der Waals surface area contributed by atoms with E-state index in [1.165, 1.54) is 0 Å². The lowest BCUT2D eigenvalue weighted by Gasteiger charge is -1.96. The highest BCUT2D eigenvalue weighted by atomic mass is 14.7. The maximum atomic E-state index is 5.30. The summed E-state index contributed by atoms with van der Waals surface area (Å²) in [4.78, 5) is 4.25. The summed E-state index contributed by atoms with van der Waals surface area (Å²) in [7, 11) is 0. The number of hydrogen-bond acceptors (Lipinski definition) is 2. The minimum Gasteiger partial charge on any atom is -0.330 e. The van der Waals surface area contributed by atoms with Gasteiger partial charge >= 0.3 is 0 Å². The fraction of sp³-hybridized carbons (Fsp3) is 0.625. The summed E-state index contributed by atoms with van der Waals surface area (Å²) in [5, 5.41) is 0. The normalized spacial score (nSPS) is 11.7. The van der Waals surface area contributed by atoms with Gasteiger partial charge in [-0.3, -0.25) is 4.99 Å². The maximum Gasteiger partial charge on any atom is 0.0404 e. The molecule has 0 aromatic heterocycles. The molecule has 0 fully saturated rings. The molecule has 0 amide bonds. The first-order chi connectivity index (χ1) is 4.68. The Kier molecular flexibility index (Phi) is 4.85. The molecule has 0 aliphatic heterocycles. The van der Waals surface area contributed by atoms with Crippen molar-refractivity contribution in [1.29, 1.82) is 0 Å². The SMILES string of the molecule is C=C(C)C(C)=NCCCN. The molecule has 0 atom stereocenters. The zero-order valence-corrected chi connectivity index (χ0v) is 6.85. The first-order valence-corrected chi connectivity index (χ1v) is 3.55. The fourth-order valence-electron chi connectivity index (χ4n) is 0.473. The van der Waals surface area contributed by atoms with Gasteiger partial charge in [-0.25, -0.2) is 0 Å². The Morgan fingerprint density at radius 2 is 2.10 bits per heavy atom. The van der Waals surface area contributed by atoms with Crippen LogP contribution in [0, 0.1) is 0 Å². The third-order valence-corrected chi connectivity index (χ3v) is 1.33. The molecule has 0 aromatic carbocycles. The van der Waals surface area contributed by atoms with E-state index in [4.69, 9.17) is 5.73 Å². The molecule has 0 aliphatic carbocycles. The zero-order valence-electron chi connectivity index (χ0n) is 6.85. The van der Waals surface area contributed by atoms with Gasteiger partial charge < -0.3 is 5.73 Å². The number of allylic oxidation sites excluding steroid dienone is 1. The fourth-order valence-corrected chi connectivity index (χ4v) is 0.473. The Hall–Kier alpha value is -0.630. The largest absolute Gasteiger partial charge is 0.330 e. The van der Waals surface area contributed by atoms with Crippen molar-refractivity contribution < 1.29 is 0 Å². The van der Waals surface area contributed by atoms with Crippen molar-refractivity contribution in [2.24, 2.45) is 10.7 Å². The average Bonchev–Trinajstić information content (AvgIpc) is 1.88. The van der Waals surface area contributed by atoms with E-state index in [0.717, 1.165) is 24.3 Å². The summed E-state index contributed by atoms with van der Waals surface area (Å²) in [6.07, 6.45) is 0.963. The third-order valence-electron chi connectivity index (χ3n) is 1.33. The molecule has 0 spiro atoms. The number of aliphatic imine (C=N–C) groups is 1. The molecule has 0 bridgehead atoms. The van der Waals surface area contributed by atoms with Crippen LogP contribution < -0.4 is 5.73 Å². The van der Waals surface area contributed by atoms with E-state index in [2.05, 4.69) is 11.6 Å². The van der Waals surface area contributed by atoms with Gasteiger partial charge in [0.25, 0.3) is 0 Å². The molecule has 0 unspecified atom stereocenters. The van der Waals surface area contributed by atoms with Gasteiger partial charge in [-0.1, -0.05) is 6.58 Å². The van der Waals surface area contributed by atoms with Crippen LogP contribution in [0.2, 0.25) is 0 Å². The number of nitrogens with two attached hydrogens (primary N) is 1. The van der Waals surface area contributed by atoms with E-state index in [1.807, 2.05) is 13.8 Å². The summed E-state index contributed by atoms with van der Waals surface area (Å²) in [5.41, 5.74) is 7.37. The van der Waals surface area contributed by atoms with E-state index in [1.54, 1.807) is 0 Å². The lowest BCUT2D eigenvalue weighted by Crippen LogP contribution is -2.02. The van der Waals surface area contributed by atoms with Crippen molar-refractivity contribution in [3.05, 3.63) is 12.2 Å². The van der Waals surface area contributed by atoms with Gasteiger partial charge in [0, 0.05) is 12.3 Å². The smallest absolute Gasteiger partial charge is 0.0404 e. The highest BCUT2D eigenvalue weighted by Gasteiger charge is 1.88. The van der Waals surface area contributed by atoms with Gasteiger partial charge in [0.2, 0.25) is 0 Å². The zero-order chi connectivity index (χ0) is 7.98. The van der Waals surface area contributed by atoms with Crippen LogP contribution in [0.25, 0.3) is 0 Å². The van der Waals surface area contributed by atoms with Crippen LogP contribution in [0.3, 0.4) is 0 Å². The van der Waals surface area contributed by atoms with Crippen LogP contribution in [0.15, 0.2) is 17.1 Å². The van der Waals surface area contributed by atoms with Gasteiger partial charge in [-0.05, 0) is 32.4 Å². The summed E-state index contributed by atoms with van der Waals surface area (Å²) in [6, 6.07) is 0.